The molecule has 1 aliphatic heterocycles. The molecule has 126 valence electrons. The van der Waals surface area contributed by atoms with Gasteiger partial charge in [-0.05, 0) is 59.8 Å². The minimum atomic E-state index is -0.223. The molecule has 1 aromatic heterocycles. The van der Waals surface area contributed by atoms with Crippen molar-refractivity contribution in [1.29, 1.82) is 0 Å². The number of rotatable bonds is 3. The van der Waals surface area contributed by atoms with E-state index in [1.54, 1.807) is 6.07 Å². The first-order valence-electron chi connectivity index (χ1n) is 8.19. The quantitative estimate of drug-likeness (QED) is 0.861. The van der Waals surface area contributed by atoms with Crippen LogP contribution in [0.4, 0.5) is 11.6 Å². The molecule has 6 heteroatoms. The van der Waals surface area contributed by atoms with Gasteiger partial charge >= 0.3 is 0 Å². The average molecular weight is 389 g/mol. The first-order chi connectivity index (χ1) is 11.5. The van der Waals surface area contributed by atoms with Crippen molar-refractivity contribution in [3.8, 4) is 0 Å². The van der Waals surface area contributed by atoms with E-state index in [4.69, 9.17) is 0 Å². The summed E-state index contributed by atoms with van der Waals surface area (Å²) in [4.78, 5) is 23.7. The highest BCUT2D eigenvalue weighted by Crippen LogP contribution is 2.23. The molecular formula is C18H21BrN4O. The van der Waals surface area contributed by atoms with Crippen LogP contribution in [0, 0.1) is 12.8 Å². The number of nitrogens with one attached hydrogen (secondary N) is 1. The normalized spacial score (nSPS) is 15.4. The van der Waals surface area contributed by atoms with Gasteiger partial charge < -0.3 is 10.2 Å². The lowest BCUT2D eigenvalue weighted by molar-refractivity contribution is 0.102. The molecule has 3 rings (SSSR count). The maximum Gasteiger partial charge on any atom is 0.274 e. The molecular weight excluding hydrogens is 368 g/mol. The van der Waals surface area contributed by atoms with Gasteiger partial charge in [-0.25, -0.2) is 9.97 Å². The highest BCUT2D eigenvalue weighted by atomic mass is 79.9. The van der Waals surface area contributed by atoms with Gasteiger partial charge in [0, 0.05) is 23.3 Å². The standard InChI is InChI=1S/C18H21BrN4O/c1-12-7-9-23(10-8-12)18-20-13(2)11-16(22-18)17(24)21-15-6-4-3-5-14(15)19/h3-6,11-12H,7-10H2,1-2H3,(H,21,24). The van der Waals surface area contributed by atoms with E-state index in [0.717, 1.165) is 47.7 Å². The van der Waals surface area contributed by atoms with Gasteiger partial charge in [0.05, 0.1) is 5.69 Å². The molecule has 5 nitrogen and oxygen atoms in total. The van der Waals surface area contributed by atoms with E-state index >= 15 is 0 Å². The van der Waals surface area contributed by atoms with E-state index in [0.29, 0.717) is 11.6 Å². The fourth-order valence-corrected chi connectivity index (χ4v) is 3.15. The number of amides is 1. The zero-order valence-electron chi connectivity index (χ0n) is 13.9. The Balaban J connectivity index is 1.80. The molecule has 2 heterocycles. The number of para-hydroxylation sites is 1. The number of carbonyl (C=O) groups is 1. The summed E-state index contributed by atoms with van der Waals surface area (Å²) in [6.07, 6.45) is 2.27. The van der Waals surface area contributed by atoms with Crippen LogP contribution in [0.2, 0.25) is 0 Å². The van der Waals surface area contributed by atoms with E-state index < -0.39 is 0 Å². The van der Waals surface area contributed by atoms with Crippen LogP contribution in [0.5, 0.6) is 0 Å². The smallest absolute Gasteiger partial charge is 0.274 e. The molecule has 1 N–H and O–H groups in total. The molecule has 0 aliphatic carbocycles. The Morgan fingerprint density at radius 2 is 1.96 bits per heavy atom. The number of nitrogens with zero attached hydrogens (tertiary/aromatic N) is 3. The van der Waals surface area contributed by atoms with Crippen molar-refractivity contribution in [2.45, 2.75) is 26.7 Å². The van der Waals surface area contributed by atoms with Crippen LogP contribution >= 0.6 is 15.9 Å². The van der Waals surface area contributed by atoms with E-state index in [9.17, 15) is 4.79 Å². The maximum atomic E-state index is 12.6. The number of anilines is 2. The molecule has 1 aliphatic rings. The highest BCUT2D eigenvalue weighted by Gasteiger charge is 2.20. The van der Waals surface area contributed by atoms with E-state index in [-0.39, 0.29) is 5.91 Å². The Kier molecular flexibility index (Phi) is 5.14. The van der Waals surface area contributed by atoms with Gasteiger partial charge in [-0.2, -0.15) is 0 Å². The third-order valence-corrected chi connectivity index (χ3v) is 4.96. The number of aryl methyl sites for hydroxylation is 1. The fourth-order valence-electron chi connectivity index (χ4n) is 2.77. The fraction of sp³-hybridized carbons (Fsp3) is 0.389. The highest BCUT2D eigenvalue weighted by molar-refractivity contribution is 9.10. The lowest BCUT2D eigenvalue weighted by Crippen LogP contribution is -2.34. The van der Waals surface area contributed by atoms with Crippen LogP contribution in [-0.2, 0) is 0 Å². The van der Waals surface area contributed by atoms with Crippen molar-refractivity contribution in [1.82, 2.24) is 9.97 Å². The molecule has 0 bridgehead atoms. The molecule has 1 amide bonds. The molecule has 0 atom stereocenters. The van der Waals surface area contributed by atoms with Crippen molar-refractivity contribution in [2.24, 2.45) is 5.92 Å². The molecule has 0 unspecified atom stereocenters. The Hall–Kier alpha value is -1.95. The van der Waals surface area contributed by atoms with E-state index in [2.05, 4.69) is 43.0 Å². The second kappa shape index (κ2) is 7.30. The number of halogens is 1. The third-order valence-electron chi connectivity index (χ3n) is 4.26. The first kappa shape index (κ1) is 16.9. The molecule has 0 radical (unpaired) electrons. The Bertz CT molecular complexity index is 742. The van der Waals surface area contributed by atoms with Crippen molar-refractivity contribution in [3.05, 3.63) is 46.2 Å². The average Bonchev–Trinajstić information content (AvgIpc) is 2.57. The summed E-state index contributed by atoms with van der Waals surface area (Å²) >= 11 is 3.44. The van der Waals surface area contributed by atoms with Crippen LogP contribution < -0.4 is 10.2 Å². The second-order valence-corrected chi connectivity index (χ2v) is 7.15. The summed E-state index contributed by atoms with van der Waals surface area (Å²) in [5.74, 6) is 1.17. The number of hydrogen-bond acceptors (Lipinski definition) is 4. The summed E-state index contributed by atoms with van der Waals surface area (Å²) in [6.45, 7) is 6.05. The molecule has 24 heavy (non-hydrogen) atoms. The summed E-state index contributed by atoms with van der Waals surface area (Å²) < 4.78 is 0.842. The van der Waals surface area contributed by atoms with Gasteiger partial charge in [-0.15, -0.1) is 0 Å². The van der Waals surface area contributed by atoms with Crippen LogP contribution in [0.1, 0.15) is 35.9 Å². The van der Waals surface area contributed by atoms with Gasteiger partial charge in [0.1, 0.15) is 5.69 Å². The van der Waals surface area contributed by atoms with E-state index in [1.807, 2.05) is 31.2 Å². The molecule has 1 aromatic carbocycles. The summed E-state index contributed by atoms with van der Waals surface area (Å²) in [5, 5.41) is 2.90. The van der Waals surface area contributed by atoms with Gasteiger partial charge in [0.2, 0.25) is 5.95 Å². The zero-order valence-corrected chi connectivity index (χ0v) is 15.5. The monoisotopic (exact) mass is 388 g/mol. The molecule has 0 spiro atoms. The SMILES string of the molecule is Cc1cc(C(=O)Nc2ccccc2Br)nc(N2CCC(C)CC2)n1. The number of piperidine rings is 1. The number of hydrogen-bond donors (Lipinski definition) is 1. The first-order valence-corrected chi connectivity index (χ1v) is 8.99. The minimum absolute atomic E-state index is 0.223. The van der Waals surface area contributed by atoms with Crippen LogP contribution in [0.15, 0.2) is 34.8 Å². The number of carbonyl (C=O) groups excluding carboxylic acids is 1. The summed E-state index contributed by atoms with van der Waals surface area (Å²) in [7, 11) is 0. The van der Waals surface area contributed by atoms with Crippen molar-refractivity contribution >= 4 is 33.5 Å². The van der Waals surface area contributed by atoms with Crippen molar-refractivity contribution in [2.75, 3.05) is 23.3 Å². The van der Waals surface area contributed by atoms with Crippen molar-refractivity contribution < 1.29 is 4.79 Å². The number of aromatic nitrogens is 2. The van der Waals surface area contributed by atoms with Gasteiger partial charge in [-0.3, -0.25) is 4.79 Å². The molecule has 1 saturated heterocycles. The zero-order chi connectivity index (χ0) is 17.1. The Labute approximate surface area is 150 Å². The lowest BCUT2D eigenvalue weighted by Gasteiger charge is -2.30. The summed E-state index contributed by atoms with van der Waals surface area (Å²) in [5.41, 5.74) is 1.93. The Morgan fingerprint density at radius 3 is 2.67 bits per heavy atom. The molecule has 1 fully saturated rings. The topological polar surface area (TPSA) is 58.1 Å². The lowest BCUT2D eigenvalue weighted by atomic mass is 10.00. The third kappa shape index (κ3) is 3.93. The van der Waals surface area contributed by atoms with E-state index in [1.165, 1.54) is 0 Å². The predicted molar refractivity (Wildman–Crippen MR) is 99.5 cm³/mol. The van der Waals surface area contributed by atoms with Gasteiger partial charge in [0.25, 0.3) is 5.91 Å². The largest absolute Gasteiger partial charge is 0.341 e. The van der Waals surface area contributed by atoms with Gasteiger partial charge in [-0.1, -0.05) is 19.1 Å². The Morgan fingerprint density at radius 1 is 1.25 bits per heavy atom. The van der Waals surface area contributed by atoms with Crippen LogP contribution in [-0.4, -0.2) is 29.0 Å². The number of benzene rings is 1. The van der Waals surface area contributed by atoms with Gasteiger partial charge in [0.15, 0.2) is 0 Å². The maximum absolute atomic E-state index is 12.6. The summed E-state index contributed by atoms with van der Waals surface area (Å²) in [6, 6.07) is 9.25. The molecule has 2 aromatic rings. The predicted octanol–water partition coefficient (Wildman–Crippen LogP) is 4.04. The minimum Gasteiger partial charge on any atom is -0.341 e. The molecule has 0 saturated carbocycles. The van der Waals surface area contributed by atoms with Crippen LogP contribution in [0.25, 0.3) is 0 Å². The van der Waals surface area contributed by atoms with Crippen LogP contribution in [0.3, 0.4) is 0 Å². The second-order valence-electron chi connectivity index (χ2n) is 6.30. The van der Waals surface area contributed by atoms with Crippen molar-refractivity contribution in [3.63, 3.8) is 0 Å².